The molecule has 0 bridgehead atoms. The molecule has 24 heavy (non-hydrogen) atoms. The van der Waals surface area contributed by atoms with E-state index in [9.17, 15) is 10.1 Å². The second-order valence-electron chi connectivity index (χ2n) is 5.64. The molecule has 0 aliphatic carbocycles. The Labute approximate surface area is 140 Å². The van der Waals surface area contributed by atoms with Gasteiger partial charge in [-0.3, -0.25) is 15.5 Å². The third kappa shape index (κ3) is 3.87. The van der Waals surface area contributed by atoms with Crippen LogP contribution in [0.15, 0.2) is 47.7 Å². The monoisotopic (exact) mass is 325 g/mol. The van der Waals surface area contributed by atoms with Crippen LogP contribution in [0, 0.1) is 10.1 Å². The highest BCUT2D eigenvalue weighted by molar-refractivity contribution is 5.81. The summed E-state index contributed by atoms with van der Waals surface area (Å²) in [5.41, 5.74) is 4.67. The lowest BCUT2D eigenvalue weighted by atomic mass is 10.1. The van der Waals surface area contributed by atoms with Crippen molar-refractivity contribution in [3.8, 4) is 0 Å². The maximum Gasteiger partial charge on any atom is 0.313 e. The van der Waals surface area contributed by atoms with Crippen molar-refractivity contribution in [3.05, 3.63) is 58.3 Å². The number of rotatable bonds is 5. The Morgan fingerprint density at radius 1 is 1.17 bits per heavy atom. The van der Waals surface area contributed by atoms with Crippen LogP contribution in [0.4, 0.5) is 17.2 Å². The summed E-state index contributed by atoms with van der Waals surface area (Å²) in [7, 11) is 0. The molecule has 0 amide bonds. The van der Waals surface area contributed by atoms with Crippen molar-refractivity contribution >= 4 is 23.4 Å². The van der Waals surface area contributed by atoms with Crippen molar-refractivity contribution in [2.24, 2.45) is 5.10 Å². The molecular weight excluding hydrogens is 306 g/mol. The van der Waals surface area contributed by atoms with E-state index in [1.165, 1.54) is 43.3 Å². The predicted octanol–water partition coefficient (Wildman–Crippen LogP) is 3.43. The highest BCUT2D eigenvalue weighted by Gasteiger charge is 2.13. The maximum atomic E-state index is 10.9. The molecule has 2 aromatic rings. The van der Waals surface area contributed by atoms with Gasteiger partial charge in [0.25, 0.3) is 0 Å². The molecule has 1 saturated heterocycles. The van der Waals surface area contributed by atoms with Gasteiger partial charge in [0.05, 0.1) is 11.1 Å². The van der Waals surface area contributed by atoms with Crippen LogP contribution in [0.5, 0.6) is 0 Å². The zero-order valence-electron chi connectivity index (χ0n) is 13.3. The molecule has 3 rings (SSSR count). The van der Waals surface area contributed by atoms with E-state index in [4.69, 9.17) is 0 Å². The summed E-state index contributed by atoms with van der Waals surface area (Å²) in [4.78, 5) is 16.7. The SMILES string of the molecule is O=[N+]([O-])c1cccnc1N/N=C\c1ccc(N2CCCCC2)cc1. The van der Waals surface area contributed by atoms with Crippen LogP contribution in [0.2, 0.25) is 0 Å². The largest absolute Gasteiger partial charge is 0.372 e. The molecule has 1 aliphatic rings. The number of pyridine rings is 1. The average Bonchev–Trinajstić information content (AvgIpc) is 2.63. The maximum absolute atomic E-state index is 10.9. The summed E-state index contributed by atoms with van der Waals surface area (Å²) in [6.45, 7) is 2.22. The smallest absolute Gasteiger partial charge is 0.313 e. The Morgan fingerprint density at radius 3 is 2.62 bits per heavy atom. The van der Waals surface area contributed by atoms with Gasteiger partial charge in [0.2, 0.25) is 5.82 Å². The second kappa shape index (κ2) is 7.54. The lowest BCUT2D eigenvalue weighted by molar-refractivity contribution is -0.384. The minimum Gasteiger partial charge on any atom is -0.372 e. The topological polar surface area (TPSA) is 83.7 Å². The summed E-state index contributed by atoms with van der Waals surface area (Å²) in [6, 6.07) is 11.0. The van der Waals surface area contributed by atoms with Crippen molar-refractivity contribution in [1.29, 1.82) is 0 Å². The molecule has 1 aromatic heterocycles. The van der Waals surface area contributed by atoms with Gasteiger partial charge in [-0.15, -0.1) is 0 Å². The molecule has 0 radical (unpaired) electrons. The molecule has 1 N–H and O–H groups in total. The lowest BCUT2D eigenvalue weighted by Gasteiger charge is -2.28. The number of hydrogen-bond donors (Lipinski definition) is 1. The van der Waals surface area contributed by atoms with E-state index >= 15 is 0 Å². The molecule has 0 unspecified atom stereocenters. The molecule has 0 saturated carbocycles. The van der Waals surface area contributed by atoms with Gasteiger partial charge in [-0.1, -0.05) is 12.1 Å². The first-order valence-electron chi connectivity index (χ1n) is 7.97. The number of hydrazone groups is 1. The highest BCUT2D eigenvalue weighted by Crippen LogP contribution is 2.21. The number of nitrogens with one attached hydrogen (secondary N) is 1. The van der Waals surface area contributed by atoms with E-state index in [-0.39, 0.29) is 11.5 Å². The van der Waals surface area contributed by atoms with Crippen LogP contribution in [0.3, 0.4) is 0 Å². The molecule has 1 fully saturated rings. The number of piperidine rings is 1. The fraction of sp³-hybridized carbons (Fsp3) is 0.294. The van der Waals surface area contributed by atoms with Gasteiger partial charge in [0.15, 0.2) is 0 Å². The molecule has 7 nitrogen and oxygen atoms in total. The summed E-state index contributed by atoms with van der Waals surface area (Å²) in [6.07, 6.45) is 6.91. The first kappa shape index (κ1) is 15.9. The van der Waals surface area contributed by atoms with Crippen LogP contribution in [-0.2, 0) is 0 Å². The third-order valence-corrected chi connectivity index (χ3v) is 3.98. The molecular formula is C17H19N5O2. The molecule has 0 atom stereocenters. The number of aromatic nitrogens is 1. The summed E-state index contributed by atoms with van der Waals surface area (Å²) in [5, 5.41) is 15.0. The molecule has 2 heterocycles. The van der Waals surface area contributed by atoms with Gasteiger partial charge >= 0.3 is 5.69 Å². The van der Waals surface area contributed by atoms with Crippen molar-refractivity contribution in [1.82, 2.24) is 4.98 Å². The van der Waals surface area contributed by atoms with Crippen LogP contribution >= 0.6 is 0 Å². The molecule has 1 aliphatic heterocycles. The Morgan fingerprint density at radius 2 is 1.92 bits per heavy atom. The van der Waals surface area contributed by atoms with Crippen LogP contribution in [-0.4, -0.2) is 29.2 Å². The van der Waals surface area contributed by atoms with Crippen molar-refractivity contribution < 1.29 is 4.92 Å². The Hall–Kier alpha value is -2.96. The Kier molecular flexibility index (Phi) is 5.00. The van der Waals surface area contributed by atoms with E-state index in [0.29, 0.717) is 0 Å². The number of benzene rings is 1. The molecule has 1 aromatic carbocycles. The predicted molar refractivity (Wildman–Crippen MR) is 94.6 cm³/mol. The summed E-state index contributed by atoms with van der Waals surface area (Å²) >= 11 is 0. The van der Waals surface area contributed by atoms with Gasteiger partial charge in [-0.05, 0) is 43.0 Å². The normalized spacial score (nSPS) is 14.8. The number of nitro groups is 1. The summed E-state index contributed by atoms with van der Waals surface area (Å²) in [5.74, 6) is 0.128. The van der Waals surface area contributed by atoms with Gasteiger partial charge in [-0.2, -0.15) is 5.10 Å². The second-order valence-corrected chi connectivity index (χ2v) is 5.64. The zero-order chi connectivity index (χ0) is 16.8. The lowest BCUT2D eigenvalue weighted by Crippen LogP contribution is -2.29. The van der Waals surface area contributed by atoms with Crippen molar-refractivity contribution in [2.75, 3.05) is 23.4 Å². The summed E-state index contributed by atoms with van der Waals surface area (Å²) < 4.78 is 0. The van der Waals surface area contributed by atoms with Crippen LogP contribution in [0.1, 0.15) is 24.8 Å². The van der Waals surface area contributed by atoms with E-state index in [1.54, 1.807) is 6.21 Å². The van der Waals surface area contributed by atoms with E-state index in [1.807, 2.05) is 12.1 Å². The molecule has 124 valence electrons. The Balaban J connectivity index is 1.64. The minimum atomic E-state index is -0.488. The third-order valence-electron chi connectivity index (χ3n) is 3.98. The average molecular weight is 325 g/mol. The van der Waals surface area contributed by atoms with Crippen molar-refractivity contribution in [3.63, 3.8) is 0 Å². The Bertz CT molecular complexity index is 724. The van der Waals surface area contributed by atoms with E-state index in [2.05, 4.69) is 32.5 Å². The molecule has 7 heteroatoms. The number of nitrogens with zero attached hydrogens (tertiary/aromatic N) is 4. The van der Waals surface area contributed by atoms with Crippen LogP contribution in [0.25, 0.3) is 0 Å². The minimum absolute atomic E-state index is 0.102. The van der Waals surface area contributed by atoms with E-state index in [0.717, 1.165) is 18.7 Å². The van der Waals surface area contributed by atoms with E-state index < -0.39 is 4.92 Å². The number of anilines is 2. The highest BCUT2D eigenvalue weighted by atomic mass is 16.6. The standard InChI is InChI=1S/C17H19N5O2/c23-22(24)16-5-4-10-18-17(16)20-19-13-14-6-8-15(9-7-14)21-11-2-1-3-12-21/h4-10,13H,1-3,11-12H2,(H,18,20)/b19-13-. The fourth-order valence-corrected chi connectivity index (χ4v) is 2.72. The zero-order valence-corrected chi connectivity index (χ0v) is 13.3. The fourth-order valence-electron chi connectivity index (χ4n) is 2.72. The van der Waals surface area contributed by atoms with Gasteiger partial charge in [0.1, 0.15) is 0 Å². The van der Waals surface area contributed by atoms with Gasteiger partial charge in [-0.25, -0.2) is 4.98 Å². The van der Waals surface area contributed by atoms with Gasteiger partial charge in [0, 0.05) is 31.0 Å². The first-order chi connectivity index (χ1) is 11.7. The molecule has 0 spiro atoms. The quantitative estimate of drug-likeness (QED) is 0.517. The van der Waals surface area contributed by atoms with Crippen LogP contribution < -0.4 is 10.3 Å². The van der Waals surface area contributed by atoms with Crippen molar-refractivity contribution in [2.45, 2.75) is 19.3 Å². The first-order valence-corrected chi connectivity index (χ1v) is 7.97. The van der Waals surface area contributed by atoms with Gasteiger partial charge < -0.3 is 4.90 Å². The number of hydrogen-bond acceptors (Lipinski definition) is 6.